The predicted octanol–water partition coefficient (Wildman–Crippen LogP) is 2.80. The Morgan fingerprint density at radius 2 is 1.78 bits per heavy atom. The van der Waals surface area contributed by atoms with Crippen LogP contribution in [0.15, 0.2) is 59.8 Å². The molecule has 0 atom stereocenters. The second-order valence-corrected chi connectivity index (χ2v) is 9.07. The molecule has 4 N–H and O–H groups in total. The van der Waals surface area contributed by atoms with Gasteiger partial charge in [0.2, 0.25) is 0 Å². The Morgan fingerprint density at radius 1 is 1.08 bits per heavy atom. The molecule has 3 aromatic rings. The van der Waals surface area contributed by atoms with Crippen LogP contribution in [0.25, 0.3) is 0 Å². The maximum absolute atomic E-state index is 10.3. The first kappa shape index (κ1) is 29.5. The molecule has 0 fully saturated rings. The highest BCUT2D eigenvalue weighted by Crippen LogP contribution is 2.21. The molecule has 0 aliphatic carbocycles. The van der Waals surface area contributed by atoms with E-state index in [4.69, 9.17) is 25.2 Å². The molecule has 0 saturated heterocycles. The van der Waals surface area contributed by atoms with Crippen molar-refractivity contribution < 1.29 is 39.5 Å². The number of carboxylic acids is 3. The average Bonchev–Trinajstić information content (AvgIpc) is 3.53. The van der Waals surface area contributed by atoms with E-state index in [9.17, 15) is 14.4 Å². The van der Waals surface area contributed by atoms with Crippen LogP contribution in [0.2, 0.25) is 0 Å². The van der Waals surface area contributed by atoms with E-state index in [0.29, 0.717) is 0 Å². The number of benzene rings is 1. The average molecular weight is 534 g/mol. The Kier molecular flexibility index (Phi) is 11.7. The van der Waals surface area contributed by atoms with Gasteiger partial charge in [-0.15, -0.1) is 0 Å². The molecule has 0 unspecified atom stereocenters. The number of methoxy groups -OCH3 is 1. The third kappa shape index (κ3) is 10.4. The number of carboxylic acid groups (broad SMARTS) is 3. The van der Waals surface area contributed by atoms with E-state index < -0.39 is 36.4 Å². The zero-order valence-corrected chi connectivity index (χ0v) is 21.2. The lowest BCUT2D eigenvalue weighted by molar-refractivity contribution is -0.170. The molecule has 37 heavy (non-hydrogen) atoms. The number of imidazole rings is 1. The lowest BCUT2D eigenvalue weighted by Crippen LogP contribution is -2.42. The van der Waals surface area contributed by atoms with Gasteiger partial charge in [0.1, 0.15) is 5.75 Å². The van der Waals surface area contributed by atoms with Crippen molar-refractivity contribution in [1.29, 1.82) is 0 Å². The van der Waals surface area contributed by atoms with Crippen molar-refractivity contribution in [1.82, 2.24) is 14.5 Å². The molecule has 0 radical (unpaired) electrons. The first-order valence-electron chi connectivity index (χ1n) is 11.3. The fourth-order valence-electron chi connectivity index (χ4n) is 3.54. The maximum atomic E-state index is 10.3. The van der Waals surface area contributed by atoms with Gasteiger partial charge < -0.3 is 29.7 Å². The summed E-state index contributed by atoms with van der Waals surface area (Å²) in [7, 11) is 1.74. The molecule has 0 aliphatic heterocycles. The van der Waals surface area contributed by atoms with Crippen LogP contribution in [-0.4, -0.2) is 72.0 Å². The Bertz CT molecular complexity index is 1100. The second-order valence-electron chi connectivity index (χ2n) is 8.29. The third-order valence-electron chi connectivity index (χ3n) is 5.31. The highest BCUT2D eigenvalue weighted by atomic mass is 32.1. The molecule has 0 amide bonds. The Hall–Kier alpha value is -3.74. The molecule has 0 spiro atoms. The summed E-state index contributed by atoms with van der Waals surface area (Å²) in [5.41, 5.74) is -0.132. The highest BCUT2D eigenvalue weighted by Gasteiger charge is 2.40. The summed E-state index contributed by atoms with van der Waals surface area (Å²) in [6, 6.07) is 10.5. The topological polar surface area (TPSA) is 162 Å². The number of hydrogen-bond acceptors (Lipinski definition) is 8. The number of rotatable bonds is 14. The number of aliphatic carboxylic acids is 3. The number of aliphatic hydroxyl groups is 1. The zero-order chi connectivity index (χ0) is 27.3. The minimum atomic E-state index is -2.74. The number of hydrogen-bond donors (Lipinski definition) is 4. The van der Waals surface area contributed by atoms with Crippen LogP contribution in [-0.2, 0) is 34.0 Å². The van der Waals surface area contributed by atoms with E-state index in [1.54, 1.807) is 18.4 Å². The van der Waals surface area contributed by atoms with Gasteiger partial charge in [0, 0.05) is 44.1 Å². The van der Waals surface area contributed by atoms with Crippen LogP contribution < -0.4 is 4.74 Å². The van der Waals surface area contributed by atoms with Crippen molar-refractivity contribution in [2.45, 2.75) is 44.5 Å². The number of aryl methyl sites for hydroxylation is 1. The lowest BCUT2D eigenvalue weighted by atomic mass is 9.96. The van der Waals surface area contributed by atoms with Crippen LogP contribution >= 0.6 is 11.3 Å². The van der Waals surface area contributed by atoms with E-state index in [1.165, 1.54) is 11.1 Å². The molecular weight excluding hydrogens is 502 g/mol. The van der Waals surface area contributed by atoms with Crippen LogP contribution in [0.1, 0.15) is 30.4 Å². The van der Waals surface area contributed by atoms with Crippen molar-refractivity contribution >= 4 is 29.2 Å². The van der Waals surface area contributed by atoms with Gasteiger partial charge >= 0.3 is 17.9 Å². The van der Waals surface area contributed by atoms with Crippen LogP contribution in [0, 0.1) is 0 Å². The highest BCUT2D eigenvalue weighted by molar-refractivity contribution is 7.07. The van der Waals surface area contributed by atoms with Gasteiger partial charge in [0.05, 0.1) is 26.3 Å². The van der Waals surface area contributed by atoms with E-state index in [2.05, 4.69) is 43.4 Å². The minimum Gasteiger partial charge on any atom is -0.496 e. The fraction of sp³-hybridized carbons (Fsp3) is 0.360. The SMILES string of the molecule is COc1ccccc1CN(CCCn1ccnc1)Cc1ccsc1.O=C(O)CC(O)(CC(=O)O)C(=O)O. The quantitative estimate of drug-likeness (QED) is 0.242. The summed E-state index contributed by atoms with van der Waals surface area (Å²) in [5.74, 6) is -4.06. The molecule has 2 heterocycles. The first-order valence-corrected chi connectivity index (χ1v) is 12.3. The van der Waals surface area contributed by atoms with Gasteiger partial charge in [-0.1, -0.05) is 18.2 Å². The molecule has 3 rings (SSSR count). The Labute approximate surface area is 218 Å². The number of aromatic nitrogens is 2. The third-order valence-corrected chi connectivity index (χ3v) is 6.04. The molecule has 0 aliphatic rings. The van der Waals surface area contributed by atoms with Gasteiger partial charge in [0.25, 0.3) is 0 Å². The van der Waals surface area contributed by atoms with E-state index >= 15 is 0 Å². The molecule has 200 valence electrons. The number of nitrogens with zero attached hydrogens (tertiary/aromatic N) is 3. The second kappa shape index (κ2) is 14.7. The zero-order valence-electron chi connectivity index (χ0n) is 20.4. The normalized spacial score (nSPS) is 11.0. The Morgan fingerprint density at radius 3 is 2.32 bits per heavy atom. The van der Waals surface area contributed by atoms with Gasteiger partial charge in [0.15, 0.2) is 5.60 Å². The first-order chi connectivity index (χ1) is 17.6. The smallest absolute Gasteiger partial charge is 0.336 e. The lowest BCUT2D eigenvalue weighted by Gasteiger charge is -2.23. The fourth-order valence-corrected chi connectivity index (χ4v) is 4.20. The van der Waals surface area contributed by atoms with Crippen LogP contribution in [0.3, 0.4) is 0 Å². The van der Waals surface area contributed by atoms with Crippen LogP contribution in [0.5, 0.6) is 5.75 Å². The van der Waals surface area contributed by atoms with Crippen molar-refractivity contribution in [2.75, 3.05) is 13.7 Å². The standard InChI is InChI=1S/C19H23N3OS.C6H8O7/c1-23-19-6-3-2-5-18(19)14-22(13-17-7-12-24-15-17)10-4-9-21-11-8-20-16-21;7-3(8)1-6(13,5(11)12)2-4(9)10/h2-3,5-8,11-12,15-16H,4,9-10,13-14H2,1H3;13H,1-2H2,(H,7,8)(H,9,10)(H,11,12). The van der Waals surface area contributed by atoms with Crippen LogP contribution in [0.4, 0.5) is 0 Å². The van der Waals surface area contributed by atoms with E-state index in [1.807, 2.05) is 30.9 Å². The van der Waals surface area contributed by atoms with E-state index in [0.717, 1.165) is 38.3 Å². The summed E-state index contributed by atoms with van der Waals surface area (Å²) in [6.45, 7) is 3.88. The predicted molar refractivity (Wildman–Crippen MR) is 135 cm³/mol. The Balaban J connectivity index is 0.000000317. The monoisotopic (exact) mass is 533 g/mol. The van der Waals surface area contributed by atoms with Crippen molar-refractivity contribution in [3.8, 4) is 5.75 Å². The molecule has 0 saturated carbocycles. The van der Waals surface area contributed by atoms with Crippen molar-refractivity contribution in [3.63, 3.8) is 0 Å². The van der Waals surface area contributed by atoms with Gasteiger partial charge in [-0.25, -0.2) is 9.78 Å². The summed E-state index contributed by atoms with van der Waals surface area (Å²) in [6.07, 6.45) is 4.53. The maximum Gasteiger partial charge on any atom is 0.336 e. The van der Waals surface area contributed by atoms with Gasteiger partial charge in [-0.2, -0.15) is 11.3 Å². The number of ether oxygens (including phenoxy) is 1. The molecule has 0 bridgehead atoms. The molecular formula is C25H31N3O8S. The number of thiophene rings is 1. The van der Waals surface area contributed by atoms with Gasteiger partial charge in [-0.05, 0) is 34.9 Å². The molecule has 11 nitrogen and oxygen atoms in total. The largest absolute Gasteiger partial charge is 0.496 e. The molecule has 12 heteroatoms. The summed E-state index contributed by atoms with van der Waals surface area (Å²) >= 11 is 1.75. The molecule has 1 aromatic carbocycles. The number of para-hydroxylation sites is 1. The van der Waals surface area contributed by atoms with E-state index in [-0.39, 0.29) is 0 Å². The van der Waals surface area contributed by atoms with Crippen molar-refractivity contribution in [2.24, 2.45) is 0 Å². The summed E-state index contributed by atoms with van der Waals surface area (Å²) < 4.78 is 7.64. The number of carbonyl (C=O) groups is 3. The summed E-state index contributed by atoms with van der Waals surface area (Å²) in [4.78, 5) is 37.1. The van der Waals surface area contributed by atoms with Gasteiger partial charge in [-0.3, -0.25) is 14.5 Å². The summed E-state index contributed by atoms with van der Waals surface area (Å²) in [5, 5.41) is 38.2. The van der Waals surface area contributed by atoms with Crippen molar-refractivity contribution in [3.05, 3.63) is 70.9 Å². The minimum absolute atomic E-state index is 0.893. The molecule has 2 aromatic heterocycles.